The van der Waals surface area contributed by atoms with Crippen molar-refractivity contribution in [3.63, 3.8) is 0 Å². The summed E-state index contributed by atoms with van der Waals surface area (Å²) in [6.45, 7) is 5.18. The number of rotatable bonds is 7. The molecule has 0 amide bonds. The Balaban J connectivity index is 2.64. The van der Waals surface area contributed by atoms with Crippen molar-refractivity contribution < 1.29 is 14.6 Å². The average molecular weight is 266 g/mol. The first-order chi connectivity index (χ1) is 8.95. The first kappa shape index (κ1) is 15.3. The molecule has 0 heterocycles. The van der Waals surface area contributed by atoms with Gasteiger partial charge in [-0.15, -0.1) is 0 Å². The van der Waals surface area contributed by atoms with E-state index in [0.29, 0.717) is 19.6 Å². The molecule has 0 spiro atoms. The van der Waals surface area contributed by atoms with Crippen LogP contribution in [0.2, 0.25) is 0 Å². The second kappa shape index (κ2) is 6.99. The van der Waals surface area contributed by atoms with Gasteiger partial charge >= 0.3 is 5.97 Å². The highest BCUT2D eigenvalue weighted by atomic mass is 16.5. The lowest BCUT2D eigenvalue weighted by Gasteiger charge is -2.21. The van der Waals surface area contributed by atoms with Crippen LogP contribution in [0.3, 0.4) is 0 Å². The summed E-state index contributed by atoms with van der Waals surface area (Å²) >= 11 is 0. The van der Waals surface area contributed by atoms with Gasteiger partial charge in [-0.25, -0.2) is 0 Å². The Labute approximate surface area is 114 Å². The van der Waals surface area contributed by atoms with Crippen molar-refractivity contribution in [3.05, 3.63) is 23.8 Å². The van der Waals surface area contributed by atoms with Gasteiger partial charge in [-0.05, 0) is 44.0 Å². The van der Waals surface area contributed by atoms with Gasteiger partial charge in [-0.2, -0.15) is 0 Å². The molecule has 0 aliphatic carbocycles. The third-order valence-electron chi connectivity index (χ3n) is 2.99. The number of benzene rings is 1. The molecule has 1 aromatic carbocycles. The van der Waals surface area contributed by atoms with Crippen LogP contribution in [-0.2, 0) is 4.79 Å². The number of hydrogen-bond acceptors (Lipinski definition) is 4. The molecule has 1 aromatic rings. The van der Waals surface area contributed by atoms with E-state index < -0.39 is 12.0 Å². The molecular weight excluding hydrogens is 244 g/mol. The molecule has 0 aliphatic heterocycles. The van der Waals surface area contributed by atoms with Crippen LogP contribution in [-0.4, -0.2) is 37.3 Å². The number of anilines is 1. The molecule has 0 bridgehead atoms. The quantitative estimate of drug-likeness (QED) is 0.784. The average Bonchev–Trinajstić information content (AvgIpc) is 2.37. The van der Waals surface area contributed by atoms with Crippen LogP contribution in [0.4, 0.5) is 5.69 Å². The highest BCUT2D eigenvalue weighted by molar-refractivity contribution is 5.73. The van der Waals surface area contributed by atoms with Crippen LogP contribution in [0, 0.1) is 6.92 Å². The summed E-state index contributed by atoms with van der Waals surface area (Å²) < 4.78 is 5.48. The third-order valence-corrected chi connectivity index (χ3v) is 2.99. The lowest BCUT2D eigenvalue weighted by atomic mass is 10.1. The van der Waals surface area contributed by atoms with E-state index in [1.165, 1.54) is 0 Å². The predicted octanol–water partition coefficient (Wildman–Crippen LogP) is 1.63. The zero-order chi connectivity index (χ0) is 14.4. The fraction of sp³-hybridized carbons (Fsp3) is 0.500. The van der Waals surface area contributed by atoms with E-state index >= 15 is 0 Å². The Morgan fingerprint density at radius 3 is 2.74 bits per heavy atom. The molecule has 1 rings (SSSR count). The van der Waals surface area contributed by atoms with Gasteiger partial charge in [0.2, 0.25) is 0 Å². The molecule has 3 N–H and O–H groups in total. The maximum absolute atomic E-state index is 10.7. The van der Waals surface area contributed by atoms with E-state index in [1.807, 2.05) is 44.0 Å². The van der Waals surface area contributed by atoms with Crippen molar-refractivity contribution in [1.82, 2.24) is 0 Å². The Morgan fingerprint density at radius 2 is 2.21 bits per heavy atom. The molecular formula is C14H22N2O3. The van der Waals surface area contributed by atoms with E-state index in [0.717, 1.165) is 17.0 Å². The van der Waals surface area contributed by atoms with Crippen LogP contribution in [0.25, 0.3) is 0 Å². The van der Waals surface area contributed by atoms with E-state index in [-0.39, 0.29) is 0 Å². The number of aryl methyl sites for hydroxylation is 1. The molecule has 0 radical (unpaired) electrons. The van der Waals surface area contributed by atoms with Crippen molar-refractivity contribution in [2.75, 3.05) is 25.1 Å². The van der Waals surface area contributed by atoms with E-state index in [2.05, 4.69) is 0 Å². The van der Waals surface area contributed by atoms with Crippen LogP contribution < -0.4 is 15.4 Å². The topological polar surface area (TPSA) is 75.8 Å². The summed E-state index contributed by atoms with van der Waals surface area (Å²) in [6.07, 6.45) is 0.415. The smallest absolute Gasteiger partial charge is 0.320 e. The number of carbonyl (C=O) groups is 1. The normalized spacial score (nSPS) is 12.0. The van der Waals surface area contributed by atoms with Gasteiger partial charge in [-0.1, -0.05) is 0 Å². The number of ether oxygens (including phenoxy) is 1. The number of hydrogen-bond donors (Lipinski definition) is 2. The maximum Gasteiger partial charge on any atom is 0.320 e. The Bertz CT molecular complexity index is 435. The maximum atomic E-state index is 10.7. The summed E-state index contributed by atoms with van der Waals surface area (Å²) in [5.41, 5.74) is 7.58. The van der Waals surface area contributed by atoms with Crippen LogP contribution in [0.15, 0.2) is 18.2 Å². The molecule has 0 saturated heterocycles. The molecule has 0 fully saturated rings. The molecule has 19 heavy (non-hydrogen) atoms. The first-order valence-corrected chi connectivity index (χ1v) is 6.38. The van der Waals surface area contributed by atoms with Gasteiger partial charge in [0.1, 0.15) is 11.8 Å². The highest BCUT2D eigenvalue weighted by Gasteiger charge is 2.12. The lowest BCUT2D eigenvalue weighted by molar-refractivity contribution is -0.138. The molecule has 1 atom stereocenters. The van der Waals surface area contributed by atoms with Gasteiger partial charge in [0.25, 0.3) is 0 Å². The monoisotopic (exact) mass is 266 g/mol. The Morgan fingerprint density at radius 1 is 1.53 bits per heavy atom. The van der Waals surface area contributed by atoms with Crippen molar-refractivity contribution in [1.29, 1.82) is 0 Å². The number of nitrogens with zero attached hydrogens (tertiary/aromatic N) is 1. The fourth-order valence-corrected chi connectivity index (χ4v) is 1.77. The highest BCUT2D eigenvalue weighted by Crippen LogP contribution is 2.24. The summed E-state index contributed by atoms with van der Waals surface area (Å²) in [6, 6.07) is 5.11. The second-order valence-corrected chi connectivity index (χ2v) is 4.54. The van der Waals surface area contributed by atoms with Gasteiger partial charge in [-0.3, -0.25) is 4.79 Å². The van der Waals surface area contributed by atoms with Gasteiger partial charge in [0.05, 0.1) is 6.61 Å². The molecule has 5 nitrogen and oxygen atoms in total. The number of nitrogens with two attached hydrogens (primary N) is 1. The summed E-state index contributed by atoms with van der Waals surface area (Å²) in [5.74, 6) is -0.0850. The van der Waals surface area contributed by atoms with E-state index in [4.69, 9.17) is 15.6 Å². The van der Waals surface area contributed by atoms with Crippen LogP contribution >= 0.6 is 0 Å². The minimum absolute atomic E-state index is 0.415. The number of carboxylic acids is 1. The summed E-state index contributed by atoms with van der Waals surface area (Å²) in [4.78, 5) is 12.7. The SMILES string of the molecule is CCOc1ccc(N(C)CCC(N)C(=O)O)cc1C. The van der Waals surface area contributed by atoms with Gasteiger partial charge < -0.3 is 20.5 Å². The standard InChI is InChI=1S/C14H22N2O3/c1-4-19-13-6-5-11(9-10(13)2)16(3)8-7-12(15)14(17)18/h5-6,9,12H,4,7-8,15H2,1-3H3,(H,17,18). The van der Waals surface area contributed by atoms with Crippen molar-refractivity contribution in [2.24, 2.45) is 5.73 Å². The molecule has 0 saturated carbocycles. The second-order valence-electron chi connectivity index (χ2n) is 4.54. The fourth-order valence-electron chi connectivity index (χ4n) is 1.77. The van der Waals surface area contributed by atoms with E-state index in [1.54, 1.807) is 0 Å². The largest absolute Gasteiger partial charge is 0.494 e. The van der Waals surface area contributed by atoms with Crippen molar-refractivity contribution in [2.45, 2.75) is 26.3 Å². The summed E-state index contributed by atoms with van der Waals surface area (Å²) in [5, 5.41) is 8.74. The van der Waals surface area contributed by atoms with Crippen molar-refractivity contribution >= 4 is 11.7 Å². The first-order valence-electron chi connectivity index (χ1n) is 6.38. The lowest BCUT2D eigenvalue weighted by Crippen LogP contribution is -2.34. The van der Waals surface area contributed by atoms with Gasteiger partial charge in [0, 0.05) is 19.3 Å². The zero-order valence-electron chi connectivity index (χ0n) is 11.7. The number of aliphatic carboxylic acids is 1. The molecule has 0 aliphatic rings. The third kappa shape index (κ3) is 4.44. The van der Waals surface area contributed by atoms with Gasteiger partial charge in [0.15, 0.2) is 0 Å². The molecule has 1 unspecified atom stereocenters. The summed E-state index contributed by atoms with van der Waals surface area (Å²) in [7, 11) is 1.92. The minimum atomic E-state index is -0.962. The molecule has 5 heteroatoms. The zero-order valence-corrected chi connectivity index (χ0v) is 11.7. The Hall–Kier alpha value is -1.75. The Kier molecular flexibility index (Phi) is 5.63. The van der Waals surface area contributed by atoms with Crippen molar-refractivity contribution in [3.8, 4) is 5.75 Å². The molecule has 0 aromatic heterocycles. The predicted molar refractivity (Wildman–Crippen MR) is 75.8 cm³/mol. The van der Waals surface area contributed by atoms with E-state index in [9.17, 15) is 4.79 Å². The minimum Gasteiger partial charge on any atom is -0.494 e. The number of carboxylic acid groups (broad SMARTS) is 1. The molecule has 106 valence electrons. The van der Waals surface area contributed by atoms with Crippen LogP contribution in [0.5, 0.6) is 5.75 Å². The van der Waals surface area contributed by atoms with Crippen LogP contribution in [0.1, 0.15) is 18.9 Å².